The fourth-order valence-corrected chi connectivity index (χ4v) is 3.39. The molecule has 9 heteroatoms. The highest BCUT2D eigenvalue weighted by Gasteiger charge is 2.23. The van der Waals surface area contributed by atoms with Gasteiger partial charge in [-0.3, -0.25) is 4.79 Å². The highest BCUT2D eigenvalue weighted by molar-refractivity contribution is 8.14. The van der Waals surface area contributed by atoms with Crippen LogP contribution in [-0.4, -0.2) is 26.1 Å². The Morgan fingerprint density at radius 3 is 2.56 bits per heavy atom. The zero-order valence-electron chi connectivity index (χ0n) is 14.8. The van der Waals surface area contributed by atoms with Gasteiger partial charge in [-0.25, -0.2) is 17.9 Å². The van der Waals surface area contributed by atoms with E-state index in [9.17, 15) is 17.6 Å². The molecule has 27 heavy (non-hydrogen) atoms. The number of anilines is 1. The third-order valence-corrected chi connectivity index (χ3v) is 5.11. The van der Waals surface area contributed by atoms with Gasteiger partial charge in [0.2, 0.25) is 15.1 Å². The normalized spacial score (nSPS) is 11.2. The number of thioether (sulfide) groups is 1. The Hall–Kier alpha value is -2.10. The number of alkyl halides is 1. The zero-order chi connectivity index (χ0) is 19.9. The van der Waals surface area contributed by atoms with E-state index >= 15 is 0 Å². The summed E-state index contributed by atoms with van der Waals surface area (Å²) in [7, 11) is -4.20. The number of rotatable bonds is 9. The number of halogens is 1. The van der Waals surface area contributed by atoms with Gasteiger partial charge in [-0.1, -0.05) is 31.5 Å². The van der Waals surface area contributed by atoms with Gasteiger partial charge in [0.25, 0.3) is 0 Å². The van der Waals surface area contributed by atoms with Crippen molar-refractivity contribution in [2.45, 2.75) is 24.7 Å². The lowest BCUT2D eigenvalue weighted by molar-refractivity contribution is 0.108. The van der Waals surface area contributed by atoms with Crippen molar-refractivity contribution in [2.75, 3.05) is 17.9 Å². The summed E-state index contributed by atoms with van der Waals surface area (Å²) in [6, 6.07) is 10.3. The van der Waals surface area contributed by atoms with Crippen LogP contribution in [0.15, 0.2) is 47.4 Å². The maximum atomic E-state index is 12.5. The minimum absolute atomic E-state index is 0.00148. The fourth-order valence-electron chi connectivity index (χ4n) is 2.31. The maximum Gasteiger partial charge on any atom is 0.241 e. The van der Waals surface area contributed by atoms with E-state index in [0.29, 0.717) is 29.7 Å². The second-order valence-electron chi connectivity index (χ2n) is 5.63. The molecule has 0 aromatic heterocycles. The number of nitrogens with one attached hydrogen (secondary N) is 1. The number of hydrogen-bond acceptors (Lipinski definition) is 6. The number of benzene rings is 2. The van der Waals surface area contributed by atoms with E-state index in [0.717, 1.165) is 18.9 Å². The van der Waals surface area contributed by atoms with E-state index in [4.69, 9.17) is 9.88 Å². The lowest BCUT2D eigenvalue weighted by atomic mass is 10.2. The first kappa shape index (κ1) is 21.2. The van der Waals surface area contributed by atoms with Gasteiger partial charge in [-0.05, 0) is 42.4 Å². The Labute approximate surface area is 162 Å². The molecule has 0 saturated heterocycles. The lowest BCUT2D eigenvalue weighted by Gasteiger charge is -2.17. The third kappa shape index (κ3) is 5.95. The molecule has 0 spiro atoms. The average Bonchev–Trinajstić information content (AvgIpc) is 2.63. The minimum Gasteiger partial charge on any atom is -0.454 e. The summed E-state index contributed by atoms with van der Waals surface area (Å²) in [6.07, 6.45) is 1.74. The molecule has 0 aliphatic carbocycles. The van der Waals surface area contributed by atoms with Crippen LogP contribution < -0.4 is 15.2 Å². The molecule has 6 nitrogen and oxygen atoms in total. The number of carbonyl (C=O) groups excluding carboxylic acids is 1. The number of sulfonamides is 1. The molecule has 0 unspecified atom stereocenters. The van der Waals surface area contributed by atoms with Gasteiger partial charge in [0.1, 0.15) is 16.7 Å². The lowest BCUT2D eigenvalue weighted by Crippen LogP contribution is -2.16. The highest BCUT2D eigenvalue weighted by Crippen LogP contribution is 2.38. The summed E-state index contributed by atoms with van der Waals surface area (Å²) in [6.45, 7) is 2.55. The first-order valence-electron chi connectivity index (χ1n) is 8.27. The van der Waals surface area contributed by atoms with Crippen LogP contribution in [0.5, 0.6) is 11.5 Å². The Balaban J connectivity index is 2.59. The summed E-state index contributed by atoms with van der Waals surface area (Å²) >= 11 is 0.441. The number of hydrogen-bond donors (Lipinski definition) is 2. The van der Waals surface area contributed by atoms with Gasteiger partial charge in [-0.15, -0.1) is 0 Å². The van der Waals surface area contributed by atoms with Crippen LogP contribution in [0.1, 0.15) is 30.1 Å². The van der Waals surface area contributed by atoms with Crippen LogP contribution in [0.2, 0.25) is 0 Å². The number of ether oxygens (including phenoxy) is 1. The quantitative estimate of drug-likeness (QED) is 0.601. The Bertz CT molecular complexity index is 890. The molecule has 0 fully saturated rings. The van der Waals surface area contributed by atoms with Gasteiger partial charge in [0.15, 0.2) is 5.75 Å². The number of nitrogens with two attached hydrogens (primary N) is 1. The fraction of sp³-hybridized carbons (Fsp3) is 0.278. The summed E-state index contributed by atoms with van der Waals surface area (Å²) in [5.74, 6) is 0.416. The van der Waals surface area contributed by atoms with Crippen LogP contribution in [0.3, 0.4) is 0 Å². The Kier molecular flexibility index (Phi) is 7.64. The van der Waals surface area contributed by atoms with Crippen LogP contribution >= 0.6 is 11.8 Å². The van der Waals surface area contributed by atoms with Crippen LogP contribution in [-0.2, 0) is 10.0 Å². The first-order chi connectivity index (χ1) is 12.9. The van der Waals surface area contributed by atoms with E-state index in [-0.39, 0.29) is 16.2 Å². The van der Waals surface area contributed by atoms with Gasteiger partial charge < -0.3 is 10.1 Å². The smallest absolute Gasteiger partial charge is 0.241 e. The van der Waals surface area contributed by atoms with Crippen molar-refractivity contribution in [3.63, 3.8) is 0 Å². The van der Waals surface area contributed by atoms with Crippen molar-refractivity contribution in [1.82, 2.24) is 0 Å². The van der Waals surface area contributed by atoms with Gasteiger partial charge in [-0.2, -0.15) is 0 Å². The molecule has 146 valence electrons. The van der Waals surface area contributed by atoms with Gasteiger partial charge >= 0.3 is 0 Å². The summed E-state index contributed by atoms with van der Waals surface area (Å²) in [5, 5.41) is 7.84. The van der Waals surface area contributed by atoms with E-state index in [2.05, 4.69) is 5.32 Å². The highest BCUT2D eigenvalue weighted by atomic mass is 32.2. The monoisotopic (exact) mass is 412 g/mol. The predicted molar refractivity (Wildman–Crippen MR) is 106 cm³/mol. The zero-order valence-corrected chi connectivity index (χ0v) is 16.4. The molecule has 0 saturated carbocycles. The topological polar surface area (TPSA) is 98.5 Å². The van der Waals surface area contributed by atoms with Crippen LogP contribution in [0, 0.1) is 0 Å². The Morgan fingerprint density at radius 1 is 1.26 bits per heavy atom. The maximum absolute atomic E-state index is 12.5. The van der Waals surface area contributed by atoms with E-state index in [1.165, 1.54) is 6.07 Å². The van der Waals surface area contributed by atoms with E-state index < -0.39 is 21.1 Å². The second-order valence-corrected chi connectivity index (χ2v) is 8.04. The molecular formula is C18H21FN2O4S2. The second kappa shape index (κ2) is 9.72. The molecule has 0 bridgehead atoms. The van der Waals surface area contributed by atoms with E-state index in [1.54, 1.807) is 30.3 Å². The molecule has 2 rings (SSSR count). The molecule has 3 N–H and O–H groups in total. The van der Waals surface area contributed by atoms with Crippen LogP contribution in [0.4, 0.5) is 10.1 Å². The van der Waals surface area contributed by atoms with Gasteiger partial charge in [0.05, 0.1) is 5.69 Å². The standard InChI is InChI=1S/C18H21FN2O4S2/c1-2-3-9-21-15-10-13(18(22)26-12-19)11-16(27(20,23)24)17(15)25-14-7-5-4-6-8-14/h4-8,10-11,21H,2-3,9,12H2,1H3,(H2,20,23,24). The van der Waals surface area contributed by atoms with Crippen molar-refractivity contribution in [1.29, 1.82) is 0 Å². The van der Waals surface area contributed by atoms with Crippen molar-refractivity contribution in [2.24, 2.45) is 5.14 Å². The van der Waals surface area contributed by atoms with Crippen molar-refractivity contribution < 1.29 is 22.3 Å². The first-order valence-corrected chi connectivity index (χ1v) is 10.8. The third-order valence-electron chi connectivity index (χ3n) is 3.59. The number of carbonyl (C=O) groups is 1. The van der Waals surface area contributed by atoms with Crippen molar-refractivity contribution >= 4 is 32.6 Å². The summed E-state index contributed by atoms with van der Waals surface area (Å²) in [4.78, 5) is 11.8. The Morgan fingerprint density at radius 2 is 1.96 bits per heavy atom. The molecule has 0 heterocycles. The SMILES string of the molecule is CCCCNc1cc(C(=O)SCF)cc(S(N)(=O)=O)c1Oc1ccccc1. The van der Waals surface area contributed by atoms with Crippen molar-refractivity contribution in [3.05, 3.63) is 48.0 Å². The largest absolute Gasteiger partial charge is 0.454 e. The number of primary sulfonamides is 1. The number of para-hydroxylation sites is 1. The summed E-state index contributed by atoms with van der Waals surface area (Å²) < 4.78 is 42.6. The predicted octanol–water partition coefficient (Wildman–Crippen LogP) is 4.14. The van der Waals surface area contributed by atoms with Gasteiger partial charge in [0, 0.05) is 12.1 Å². The molecular weight excluding hydrogens is 391 g/mol. The van der Waals surface area contributed by atoms with Crippen LogP contribution in [0.25, 0.3) is 0 Å². The molecule has 2 aromatic carbocycles. The summed E-state index contributed by atoms with van der Waals surface area (Å²) in [5.41, 5.74) is 0.336. The minimum atomic E-state index is -4.20. The molecule has 2 aromatic rings. The van der Waals surface area contributed by atoms with Crippen molar-refractivity contribution in [3.8, 4) is 11.5 Å². The molecule has 0 radical (unpaired) electrons. The molecule has 0 amide bonds. The average molecular weight is 413 g/mol. The van der Waals surface area contributed by atoms with E-state index in [1.807, 2.05) is 6.92 Å². The molecule has 0 aliphatic heterocycles. The molecule has 0 atom stereocenters. The molecule has 0 aliphatic rings. The number of unbranched alkanes of at least 4 members (excludes halogenated alkanes) is 1.